The monoisotopic (exact) mass is 232 g/mol. The number of halogens is 1. The van der Waals surface area contributed by atoms with Crippen LogP contribution in [0.5, 0.6) is 0 Å². The Bertz CT molecular complexity index is 473. The van der Waals surface area contributed by atoms with Crippen LogP contribution in [0.3, 0.4) is 0 Å². The lowest BCUT2D eigenvalue weighted by molar-refractivity contribution is 0.0916. The lowest BCUT2D eigenvalue weighted by atomic mass is 9.99. The fourth-order valence-electron chi connectivity index (χ4n) is 2.17. The van der Waals surface area contributed by atoms with Crippen molar-refractivity contribution < 1.29 is 9.18 Å². The molecular weight excluding hydrogens is 219 g/mol. The predicted molar refractivity (Wildman–Crippen MR) is 60.7 cm³/mol. The summed E-state index contributed by atoms with van der Waals surface area (Å²) in [6.45, 7) is 0. The van der Waals surface area contributed by atoms with Crippen molar-refractivity contribution in [3.05, 3.63) is 35.6 Å². The standard InChI is InChI=1S/C13H13FN2O/c14-11-6-2-1-5-10(11)12(17)16-13(9-15)7-3-4-8-13/h1-2,5-6H,3-4,7-8H2,(H,16,17). The van der Waals surface area contributed by atoms with Crippen LogP contribution in [0.1, 0.15) is 36.0 Å². The Balaban J connectivity index is 2.17. The zero-order chi connectivity index (χ0) is 12.3. The molecule has 1 N–H and O–H groups in total. The van der Waals surface area contributed by atoms with Crippen molar-refractivity contribution in [1.29, 1.82) is 5.26 Å². The first-order valence-corrected chi connectivity index (χ1v) is 5.65. The van der Waals surface area contributed by atoms with E-state index in [4.69, 9.17) is 5.26 Å². The van der Waals surface area contributed by atoms with E-state index in [1.54, 1.807) is 6.07 Å². The Morgan fingerprint density at radius 1 is 1.35 bits per heavy atom. The highest BCUT2D eigenvalue weighted by molar-refractivity contribution is 5.95. The molecule has 17 heavy (non-hydrogen) atoms. The summed E-state index contributed by atoms with van der Waals surface area (Å²) in [5, 5.41) is 11.8. The van der Waals surface area contributed by atoms with Gasteiger partial charge in [-0.3, -0.25) is 4.79 Å². The van der Waals surface area contributed by atoms with Gasteiger partial charge in [-0.15, -0.1) is 0 Å². The first kappa shape index (κ1) is 11.6. The molecule has 1 saturated carbocycles. The fraction of sp³-hybridized carbons (Fsp3) is 0.385. The maximum Gasteiger partial charge on any atom is 0.255 e. The van der Waals surface area contributed by atoms with E-state index >= 15 is 0 Å². The lowest BCUT2D eigenvalue weighted by Crippen LogP contribution is -2.45. The average Bonchev–Trinajstić information content (AvgIpc) is 2.79. The van der Waals surface area contributed by atoms with Crippen LogP contribution < -0.4 is 5.32 Å². The Morgan fingerprint density at radius 2 is 2.00 bits per heavy atom. The molecule has 3 nitrogen and oxygen atoms in total. The average molecular weight is 232 g/mol. The van der Waals surface area contributed by atoms with E-state index in [9.17, 15) is 9.18 Å². The largest absolute Gasteiger partial charge is 0.334 e. The molecule has 0 aromatic heterocycles. The third kappa shape index (κ3) is 2.28. The van der Waals surface area contributed by atoms with Gasteiger partial charge in [-0.2, -0.15) is 5.26 Å². The van der Waals surface area contributed by atoms with Gasteiger partial charge in [0.05, 0.1) is 11.6 Å². The van der Waals surface area contributed by atoms with Crippen LogP contribution in [-0.4, -0.2) is 11.4 Å². The van der Waals surface area contributed by atoms with Crippen LogP contribution in [-0.2, 0) is 0 Å². The number of carbonyl (C=O) groups excluding carboxylic acids is 1. The molecule has 1 aliphatic rings. The second-order valence-corrected chi connectivity index (χ2v) is 4.33. The van der Waals surface area contributed by atoms with Gasteiger partial charge in [0.15, 0.2) is 0 Å². The number of nitrogens with zero attached hydrogens (tertiary/aromatic N) is 1. The van der Waals surface area contributed by atoms with E-state index < -0.39 is 17.3 Å². The number of amides is 1. The molecule has 0 unspecified atom stereocenters. The Hall–Kier alpha value is -1.89. The van der Waals surface area contributed by atoms with Crippen LogP contribution in [0.25, 0.3) is 0 Å². The van der Waals surface area contributed by atoms with Crippen LogP contribution in [0.15, 0.2) is 24.3 Å². The normalized spacial score (nSPS) is 17.4. The number of nitriles is 1. The summed E-state index contributed by atoms with van der Waals surface area (Å²) in [4.78, 5) is 11.9. The summed E-state index contributed by atoms with van der Waals surface area (Å²) >= 11 is 0. The molecule has 1 amide bonds. The minimum atomic E-state index is -0.806. The highest BCUT2D eigenvalue weighted by atomic mass is 19.1. The predicted octanol–water partition coefficient (Wildman–Crippen LogP) is 2.39. The van der Waals surface area contributed by atoms with E-state index in [0.29, 0.717) is 12.8 Å². The third-order valence-corrected chi connectivity index (χ3v) is 3.14. The summed E-state index contributed by atoms with van der Waals surface area (Å²) in [5.74, 6) is -1.07. The highest BCUT2D eigenvalue weighted by Gasteiger charge is 2.35. The highest BCUT2D eigenvalue weighted by Crippen LogP contribution is 2.29. The quantitative estimate of drug-likeness (QED) is 0.851. The minimum Gasteiger partial charge on any atom is -0.334 e. The minimum absolute atomic E-state index is 0.00553. The van der Waals surface area contributed by atoms with E-state index in [2.05, 4.69) is 11.4 Å². The topological polar surface area (TPSA) is 52.9 Å². The molecule has 0 aliphatic heterocycles. The summed E-state index contributed by atoms with van der Waals surface area (Å²) in [6, 6.07) is 7.94. The van der Waals surface area contributed by atoms with Crippen molar-refractivity contribution in [2.45, 2.75) is 31.2 Å². The molecule has 4 heteroatoms. The number of benzene rings is 1. The Labute approximate surface area is 99.2 Å². The fourth-order valence-corrected chi connectivity index (χ4v) is 2.17. The molecule has 0 heterocycles. The molecule has 0 radical (unpaired) electrons. The van der Waals surface area contributed by atoms with Crippen molar-refractivity contribution >= 4 is 5.91 Å². The number of hydrogen-bond acceptors (Lipinski definition) is 2. The molecule has 0 atom stereocenters. The van der Waals surface area contributed by atoms with Crippen LogP contribution in [0.2, 0.25) is 0 Å². The van der Waals surface area contributed by atoms with E-state index in [1.165, 1.54) is 18.2 Å². The Morgan fingerprint density at radius 3 is 2.59 bits per heavy atom. The van der Waals surface area contributed by atoms with Gasteiger partial charge in [-0.1, -0.05) is 12.1 Å². The second kappa shape index (κ2) is 4.54. The van der Waals surface area contributed by atoms with E-state index in [0.717, 1.165) is 12.8 Å². The second-order valence-electron chi connectivity index (χ2n) is 4.33. The molecule has 1 aromatic rings. The van der Waals surface area contributed by atoms with Gasteiger partial charge in [0.25, 0.3) is 5.91 Å². The molecule has 0 bridgehead atoms. The Kier molecular flexibility index (Phi) is 3.10. The SMILES string of the molecule is N#CC1(NC(=O)c2ccccc2F)CCCC1. The summed E-state index contributed by atoms with van der Waals surface area (Å²) in [6.07, 6.45) is 3.13. The number of rotatable bonds is 2. The molecule has 1 aliphatic carbocycles. The number of carbonyl (C=O) groups is 1. The van der Waals surface area contributed by atoms with Gasteiger partial charge in [-0.05, 0) is 37.8 Å². The van der Waals surface area contributed by atoms with Gasteiger partial charge < -0.3 is 5.32 Å². The van der Waals surface area contributed by atoms with E-state index in [1.807, 2.05) is 0 Å². The maximum absolute atomic E-state index is 13.4. The van der Waals surface area contributed by atoms with Crippen molar-refractivity contribution in [1.82, 2.24) is 5.32 Å². The van der Waals surface area contributed by atoms with E-state index in [-0.39, 0.29) is 5.56 Å². The number of hydrogen-bond donors (Lipinski definition) is 1. The van der Waals surface area contributed by atoms with Crippen LogP contribution in [0, 0.1) is 17.1 Å². The van der Waals surface area contributed by atoms with Crippen molar-refractivity contribution in [2.24, 2.45) is 0 Å². The van der Waals surface area contributed by atoms with Gasteiger partial charge in [0, 0.05) is 0 Å². The van der Waals surface area contributed by atoms with Crippen LogP contribution >= 0.6 is 0 Å². The van der Waals surface area contributed by atoms with Crippen molar-refractivity contribution in [3.8, 4) is 6.07 Å². The summed E-state index contributed by atoms with van der Waals surface area (Å²) in [5.41, 5.74) is -0.812. The first-order valence-electron chi connectivity index (χ1n) is 5.65. The summed E-state index contributed by atoms with van der Waals surface area (Å²) in [7, 11) is 0. The molecule has 1 aromatic carbocycles. The summed E-state index contributed by atoms with van der Waals surface area (Å²) < 4.78 is 13.4. The van der Waals surface area contributed by atoms with Crippen molar-refractivity contribution in [3.63, 3.8) is 0 Å². The van der Waals surface area contributed by atoms with Crippen molar-refractivity contribution in [2.75, 3.05) is 0 Å². The van der Waals surface area contributed by atoms with Gasteiger partial charge in [0.2, 0.25) is 0 Å². The molecule has 0 saturated heterocycles. The zero-order valence-corrected chi connectivity index (χ0v) is 9.37. The molecule has 1 fully saturated rings. The third-order valence-electron chi connectivity index (χ3n) is 3.14. The van der Waals surface area contributed by atoms with Gasteiger partial charge in [-0.25, -0.2) is 4.39 Å². The van der Waals surface area contributed by atoms with Gasteiger partial charge in [0.1, 0.15) is 11.4 Å². The molecular formula is C13H13FN2O. The molecule has 2 rings (SSSR count). The molecule has 0 spiro atoms. The maximum atomic E-state index is 13.4. The first-order chi connectivity index (χ1) is 8.17. The smallest absolute Gasteiger partial charge is 0.255 e. The number of nitrogens with one attached hydrogen (secondary N) is 1. The lowest BCUT2D eigenvalue weighted by Gasteiger charge is -2.22. The van der Waals surface area contributed by atoms with Gasteiger partial charge >= 0.3 is 0 Å². The molecule has 88 valence electrons. The van der Waals surface area contributed by atoms with Crippen LogP contribution in [0.4, 0.5) is 4.39 Å². The zero-order valence-electron chi connectivity index (χ0n) is 9.37.